The molecule has 3 amide bonds. The Hall–Kier alpha value is -1.83. The maximum atomic E-state index is 10.9. The van der Waals surface area contributed by atoms with Gasteiger partial charge in [-0.3, -0.25) is 10.1 Å². The van der Waals surface area contributed by atoms with Gasteiger partial charge in [-0.2, -0.15) is 5.26 Å². The van der Waals surface area contributed by atoms with Crippen LogP contribution in [0.4, 0.5) is 4.79 Å². The summed E-state index contributed by atoms with van der Waals surface area (Å²) in [5, 5.41) is 10.4. The largest absolute Gasteiger partial charge is 0.325 e. The summed E-state index contributed by atoms with van der Waals surface area (Å²) in [6.07, 6.45) is 1.00. The number of nitriles is 1. The fraction of sp³-hybridized carbons (Fsp3) is 0.286. The SMILES string of the molecule is C=CC(=O)NC(=O)N1CC1C#N. The summed E-state index contributed by atoms with van der Waals surface area (Å²) in [7, 11) is 0. The van der Waals surface area contributed by atoms with Crippen LogP contribution in [0.2, 0.25) is 0 Å². The van der Waals surface area contributed by atoms with Crippen molar-refractivity contribution in [2.75, 3.05) is 6.54 Å². The maximum Gasteiger partial charge on any atom is 0.325 e. The molecule has 0 aromatic heterocycles. The summed E-state index contributed by atoms with van der Waals surface area (Å²) in [4.78, 5) is 22.8. The highest BCUT2D eigenvalue weighted by atomic mass is 16.2. The van der Waals surface area contributed by atoms with Crippen LogP contribution in [-0.2, 0) is 4.79 Å². The van der Waals surface area contributed by atoms with E-state index in [1.54, 1.807) is 0 Å². The zero-order valence-electron chi connectivity index (χ0n) is 6.28. The van der Waals surface area contributed by atoms with Crippen LogP contribution in [0, 0.1) is 11.3 Å². The van der Waals surface area contributed by atoms with Crippen molar-refractivity contribution in [1.82, 2.24) is 10.2 Å². The lowest BCUT2D eigenvalue weighted by Gasteiger charge is -1.99. The van der Waals surface area contributed by atoms with Crippen LogP contribution < -0.4 is 5.32 Å². The van der Waals surface area contributed by atoms with Crippen LogP contribution >= 0.6 is 0 Å². The number of hydrogen-bond donors (Lipinski definition) is 1. The van der Waals surface area contributed by atoms with Crippen molar-refractivity contribution in [3.05, 3.63) is 12.7 Å². The summed E-state index contributed by atoms with van der Waals surface area (Å²) in [5.74, 6) is -0.552. The summed E-state index contributed by atoms with van der Waals surface area (Å²) < 4.78 is 0. The number of imide groups is 1. The molecule has 0 radical (unpaired) electrons. The second kappa shape index (κ2) is 3.05. The number of nitrogens with one attached hydrogen (secondary N) is 1. The zero-order valence-corrected chi connectivity index (χ0v) is 6.28. The van der Waals surface area contributed by atoms with Gasteiger partial charge in [-0.15, -0.1) is 0 Å². The number of nitrogens with zero attached hydrogens (tertiary/aromatic N) is 2. The van der Waals surface area contributed by atoms with E-state index < -0.39 is 11.9 Å². The molecule has 1 atom stereocenters. The van der Waals surface area contributed by atoms with E-state index in [-0.39, 0.29) is 6.04 Å². The Morgan fingerprint density at radius 2 is 2.42 bits per heavy atom. The summed E-state index contributed by atoms with van der Waals surface area (Å²) >= 11 is 0. The van der Waals surface area contributed by atoms with Gasteiger partial charge in [0.05, 0.1) is 12.6 Å². The highest BCUT2D eigenvalue weighted by molar-refractivity contribution is 6.00. The van der Waals surface area contributed by atoms with E-state index in [1.807, 2.05) is 11.4 Å². The van der Waals surface area contributed by atoms with Gasteiger partial charge in [0.15, 0.2) is 0 Å². The molecule has 1 fully saturated rings. The molecule has 0 aromatic carbocycles. The molecule has 1 aliphatic heterocycles. The summed E-state index contributed by atoms with van der Waals surface area (Å²) in [6.45, 7) is 3.58. The fourth-order valence-corrected chi connectivity index (χ4v) is 0.702. The highest BCUT2D eigenvalue weighted by Gasteiger charge is 2.38. The van der Waals surface area contributed by atoms with Gasteiger partial charge in [0, 0.05) is 0 Å². The maximum absolute atomic E-state index is 10.9. The third-order valence-corrected chi connectivity index (χ3v) is 1.44. The molecule has 1 heterocycles. The smallest absolute Gasteiger partial charge is 0.303 e. The van der Waals surface area contributed by atoms with Crippen LogP contribution in [0.1, 0.15) is 0 Å². The van der Waals surface area contributed by atoms with E-state index in [0.29, 0.717) is 6.54 Å². The monoisotopic (exact) mass is 165 g/mol. The third kappa shape index (κ3) is 1.61. The van der Waals surface area contributed by atoms with Crippen molar-refractivity contribution in [2.45, 2.75) is 6.04 Å². The molecule has 1 N–H and O–H groups in total. The Kier molecular flexibility index (Phi) is 2.10. The third-order valence-electron chi connectivity index (χ3n) is 1.44. The standard InChI is InChI=1S/C7H7N3O2/c1-2-6(11)9-7(12)10-4-5(10)3-8/h2,5H,1,4H2,(H,9,11,12). The van der Waals surface area contributed by atoms with E-state index >= 15 is 0 Å². The predicted molar refractivity (Wildman–Crippen MR) is 39.8 cm³/mol. The molecule has 62 valence electrons. The van der Waals surface area contributed by atoms with Crippen molar-refractivity contribution >= 4 is 11.9 Å². The Bertz CT molecular complexity index is 279. The predicted octanol–water partition coefficient (Wildman–Crippen LogP) is -0.384. The van der Waals surface area contributed by atoms with E-state index in [1.165, 1.54) is 4.90 Å². The van der Waals surface area contributed by atoms with E-state index in [2.05, 4.69) is 6.58 Å². The Balaban J connectivity index is 2.37. The first-order chi connectivity index (χ1) is 5.69. The van der Waals surface area contributed by atoms with Crippen molar-refractivity contribution < 1.29 is 9.59 Å². The highest BCUT2D eigenvalue weighted by Crippen LogP contribution is 2.15. The first-order valence-electron chi connectivity index (χ1n) is 3.32. The van der Waals surface area contributed by atoms with Gasteiger partial charge >= 0.3 is 6.03 Å². The summed E-state index contributed by atoms with van der Waals surface area (Å²) in [5.41, 5.74) is 0. The zero-order chi connectivity index (χ0) is 9.14. The van der Waals surface area contributed by atoms with Gasteiger partial charge in [-0.05, 0) is 6.08 Å². The minimum Gasteiger partial charge on any atom is -0.303 e. The quantitative estimate of drug-likeness (QED) is 0.425. The molecular formula is C7H7N3O2. The average Bonchev–Trinajstić information content (AvgIpc) is 2.82. The van der Waals surface area contributed by atoms with Crippen LogP contribution in [-0.4, -0.2) is 29.4 Å². The normalized spacial score (nSPS) is 19.2. The van der Waals surface area contributed by atoms with Gasteiger partial charge in [-0.1, -0.05) is 6.58 Å². The Labute approximate surface area is 69.3 Å². The molecule has 0 aliphatic carbocycles. The minimum atomic E-state index is -0.552. The van der Waals surface area contributed by atoms with Gasteiger partial charge in [0.1, 0.15) is 6.04 Å². The first kappa shape index (κ1) is 8.27. The van der Waals surface area contributed by atoms with Gasteiger partial charge in [0.2, 0.25) is 0 Å². The van der Waals surface area contributed by atoms with Crippen LogP contribution in [0.5, 0.6) is 0 Å². The van der Waals surface area contributed by atoms with Crippen molar-refractivity contribution in [1.29, 1.82) is 5.26 Å². The Morgan fingerprint density at radius 3 is 2.83 bits per heavy atom. The Morgan fingerprint density at radius 1 is 1.75 bits per heavy atom. The molecular weight excluding hydrogens is 158 g/mol. The topological polar surface area (TPSA) is 73.0 Å². The number of urea groups is 1. The lowest BCUT2D eigenvalue weighted by Crippen LogP contribution is -2.33. The lowest BCUT2D eigenvalue weighted by atomic mass is 10.5. The second-order valence-corrected chi connectivity index (χ2v) is 2.30. The van der Waals surface area contributed by atoms with E-state index in [9.17, 15) is 9.59 Å². The molecule has 0 saturated carbocycles. The molecule has 0 aromatic rings. The number of hydrogen-bond acceptors (Lipinski definition) is 3. The molecule has 1 unspecified atom stereocenters. The van der Waals surface area contributed by atoms with Gasteiger partial charge in [0.25, 0.3) is 5.91 Å². The number of amides is 3. The van der Waals surface area contributed by atoms with E-state index in [4.69, 9.17) is 5.26 Å². The summed E-state index contributed by atoms with van der Waals surface area (Å²) in [6, 6.07) is 0.981. The van der Waals surface area contributed by atoms with Crippen molar-refractivity contribution in [3.63, 3.8) is 0 Å². The molecule has 0 spiro atoms. The molecule has 1 rings (SSSR count). The number of carbonyl (C=O) groups is 2. The molecule has 12 heavy (non-hydrogen) atoms. The molecule has 1 aliphatic rings. The number of carbonyl (C=O) groups excluding carboxylic acids is 2. The minimum absolute atomic E-state index is 0.373. The van der Waals surface area contributed by atoms with Crippen molar-refractivity contribution in [2.24, 2.45) is 0 Å². The van der Waals surface area contributed by atoms with Crippen molar-refractivity contribution in [3.8, 4) is 6.07 Å². The van der Waals surface area contributed by atoms with Crippen LogP contribution in [0.3, 0.4) is 0 Å². The first-order valence-corrected chi connectivity index (χ1v) is 3.32. The number of rotatable bonds is 1. The average molecular weight is 165 g/mol. The molecule has 1 saturated heterocycles. The molecule has 5 nitrogen and oxygen atoms in total. The van der Waals surface area contributed by atoms with Crippen LogP contribution in [0.15, 0.2) is 12.7 Å². The fourth-order valence-electron chi connectivity index (χ4n) is 0.702. The molecule has 0 bridgehead atoms. The van der Waals surface area contributed by atoms with E-state index in [0.717, 1.165) is 6.08 Å². The van der Waals surface area contributed by atoms with Gasteiger partial charge in [-0.25, -0.2) is 4.79 Å². The van der Waals surface area contributed by atoms with Crippen LogP contribution in [0.25, 0.3) is 0 Å². The second-order valence-electron chi connectivity index (χ2n) is 2.30. The van der Waals surface area contributed by atoms with Gasteiger partial charge < -0.3 is 4.90 Å². The lowest BCUT2D eigenvalue weighted by molar-refractivity contribution is -0.115. The molecule has 5 heteroatoms.